The Bertz CT molecular complexity index is 380. The summed E-state index contributed by atoms with van der Waals surface area (Å²) >= 11 is 0. The van der Waals surface area contributed by atoms with Gasteiger partial charge in [-0.2, -0.15) is 0 Å². The maximum atomic E-state index is 11.5. The van der Waals surface area contributed by atoms with Crippen molar-refractivity contribution in [1.29, 1.82) is 0 Å². The third-order valence-corrected chi connectivity index (χ3v) is 2.13. The van der Waals surface area contributed by atoms with E-state index in [1.54, 1.807) is 0 Å². The Labute approximate surface area is 77.3 Å². The summed E-state index contributed by atoms with van der Waals surface area (Å²) in [5.74, 6) is 0.0139. The number of carbonyl (C=O) groups excluding carboxylic acids is 1. The Morgan fingerprint density at radius 1 is 1.38 bits per heavy atom. The topological polar surface area (TPSA) is 29.1 Å². The maximum Gasteiger partial charge on any atom is 0.252 e. The van der Waals surface area contributed by atoms with Gasteiger partial charge < -0.3 is 5.32 Å². The van der Waals surface area contributed by atoms with Crippen LogP contribution in [0.5, 0.6) is 0 Å². The van der Waals surface area contributed by atoms with Crippen molar-refractivity contribution >= 4 is 12.0 Å². The lowest BCUT2D eigenvalue weighted by atomic mass is 10.0. The van der Waals surface area contributed by atoms with Crippen LogP contribution in [0.25, 0.3) is 6.08 Å². The van der Waals surface area contributed by atoms with Crippen molar-refractivity contribution in [3.8, 4) is 0 Å². The van der Waals surface area contributed by atoms with Gasteiger partial charge >= 0.3 is 0 Å². The van der Waals surface area contributed by atoms with E-state index in [1.165, 1.54) is 5.56 Å². The Kier molecular flexibility index (Phi) is 1.89. The molecule has 0 spiro atoms. The van der Waals surface area contributed by atoms with Gasteiger partial charge in [-0.05, 0) is 18.6 Å². The molecule has 1 amide bonds. The molecule has 1 aliphatic rings. The highest BCUT2D eigenvalue weighted by Crippen LogP contribution is 2.15. The van der Waals surface area contributed by atoms with E-state index in [-0.39, 0.29) is 5.91 Å². The Morgan fingerprint density at radius 3 is 3.08 bits per heavy atom. The first-order chi connectivity index (χ1) is 6.27. The summed E-state index contributed by atoms with van der Waals surface area (Å²) in [5.41, 5.74) is 2.95. The van der Waals surface area contributed by atoms with Crippen molar-refractivity contribution in [2.45, 2.75) is 6.92 Å². The predicted octanol–water partition coefficient (Wildman–Crippen LogP) is 1.75. The summed E-state index contributed by atoms with van der Waals surface area (Å²) in [6.45, 7) is 2.64. The Hall–Kier alpha value is -1.57. The van der Waals surface area contributed by atoms with Gasteiger partial charge in [-0.3, -0.25) is 4.79 Å². The average molecular weight is 173 g/mol. The van der Waals surface area contributed by atoms with E-state index in [1.807, 2.05) is 37.3 Å². The van der Waals surface area contributed by atoms with Crippen LogP contribution in [0.4, 0.5) is 0 Å². The fraction of sp³-hybridized carbons (Fsp3) is 0.182. The first-order valence-corrected chi connectivity index (χ1v) is 4.33. The molecule has 0 aromatic heterocycles. The van der Waals surface area contributed by atoms with Crippen LogP contribution >= 0.6 is 0 Å². The van der Waals surface area contributed by atoms with Crippen LogP contribution < -0.4 is 5.32 Å². The lowest BCUT2D eigenvalue weighted by Crippen LogP contribution is -2.22. The molecule has 0 saturated carbocycles. The Morgan fingerprint density at radius 2 is 2.23 bits per heavy atom. The number of nitrogens with one attached hydrogen (secondary N) is 1. The SMILES string of the molecule is Cc1ccc2c(c1)C=CCNC2=O. The minimum Gasteiger partial charge on any atom is -0.349 e. The van der Waals surface area contributed by atoms with E-state index < -0.39 is 0 Å². The number of rotatable bonds is 0. The second-order valence-corrected chi connectivity index (χ2v) is 3.20. The molecule has 2 nitrogen and oxygen atoms in total. The summed E-state index contributed by atoms with van der Waals surface area (Å²) < 4.78 is 0. The minimum atomic E-state index is 0.0139. The van der Waals surface area contributed by atoms with Crippen LogP contribution in [0.2, 0.25) is 0 Å². The molecule has 0 saturated heterocycles. The van der Waals surface area contributed by atoms with Crippen LogP contribution in [0.3, 0.4) is 0 Å². The van der Waals surface area contributed by atoms with Gasteiger partial charge in [0.2, 0.25) is 0 Å². The molecule has 1 heterocycles. The lowest BCUT2D eigenvalue weighted by Gasteiger charge is -2.03. The molecular formula is C11H11NO. The third-order valence-electron chi connectivity index (χ3n) is 2.13. The van der Waals surface area contributed by atoms with Crippen LogP contribution in [-0.2, 0) is 0 Å². The van der Waals surface area contributed by atoms with E-state index in [9.17, 15) is 4.79 Å². The molecule has 0 bridgehead atoms. The number of benzene rings is 1. The van der Waals surface area contributed by atoms with Gasteiger partial charge in [-0.15, -0.1) is 0 Å². The van der Waals surface area contributed by atoms with Crippen molar-refractivity contribution in [1.82, 2.24) is 5.32 Å². The van der Waals surface area contributed by atoms with Gasteiger partial charge in [-0.1, -0.05) is 29.8 Å². The second kappa shape index (κ2) is 3.05. The van der Waals surface area contributed by atoms with Crippen molar-refractivity contribution in [2.24, 2.45) is 0 Å². The van der Waals surface area contributed by atoms with Gasteiger partial charge in [0.05, 0.1) is 0 Å². The largest absolute Gasteiger partial charge is 0.349 e. The number of carbonyl (C=O) groups is 1. The molecule has 0 atom stereocenters. The molecule has 2 heteroatoms. The zero-order valence-corrected chi connectivity index (χ0v) is 7.50. The highest BCUT2D eigenvalue weighted by atomic mass is 16.1. The van der Waals surface area contributed by atoms with Crippen molar-refractivity contribution in [2.75, 3.05) is 6.54 Å². The third kappa shape index (κ3) is 1.47. The fourth-order valence-corrected chi connectivity index (χ4v) is 1.46. The fourth-order valence-electron chi connectivity index (χ4n) is 1.46. The van der Waals surface area contributed by atoms with Crippen LogP contribution in [0.1, 0.15) is 21.5 Å². The maximum absolute atomic E-state index is 11.5. The molecular weight excluding hydrogens is 162 g/mol. The van der Waals surface area contributed by atoms with Gasteiger partial charge in [0.15, 0.2) is 0 Å². The van der Waals surface area contributed by atoms with Crippen LogP contribution in [0.15, 0.2) is 24.3 Å². The van der Waals surface area contributed by atoms with Crippen molar-refractivity contribution in [3.63, 3.8) is 0 Å². The molecule has 1 aromatic carbocycles. The van der Waals surface area contributed by atoms with E-state index in [0.717, 1.165) is 11.1 Å². The number of hydrogen-bond acceptors (Lipinski definition) is 1. The molecule has 13 heavy (non-hydrogen) atoms. The first kappa shape index (κ1) is 8.05. The number of hydrogen-bond donors (Lipinski definition) is 1. The van der Waals surface area contributed by atoms with E-state index in [4.69, 9.17) is 0 Å². The highest BCUT2D eigenvalue weighted by molar-refractivity contribution is 5.98. The molecule has 0 fully saturated rings. The summed E-state index contributed by atoms with van der Waals surface area (Å²) in [6, 6.07) is 5.85. The Balaban J connectivity index is 2.57. The monoisotopic (exact) mass is 173 g/mol. The molecule has 0 unspecified atom stereocenters. The first-order valence-electron chi connectivity index (χ1n) is 4.33. The number of aryl methyl sites for hydroxylation is 1. The van der Waals surface area contributed by atoms with Crippen LogP contribution in [-0.4, -0.2) is 12.5 Å². The molecule has 1 aromatic rings. The van der Waals surface area contributed by atoms with Crippen molar-refractivity contribution in [3.05, 3.63) is 41.0 Å². The normalized spacial score (nSPS) is 14.7. The zero-order valence-electron chi connectivity index (χ0n) is 7.50. The van der Waals surface area contributed by atoms with Crippen LogP contribution in [0, 0.1) is 6.92 Å². The standard InChI is InChI=1S/C11H11NO/c1-8-4-5-10-9(7-8)3-2-6-12-11(10)13/h2-5,7H,6H2,1H3,(H,12,13). The van der Waals surface area contributed by atoms with Gasteiger partial charge in [0.1, 0.15) is 0 Å². The van der Waals surface area contributed by atoms with E-state index in [0.29, 0.717) is 6.54 Å². The smallest absolute Gasteiger partial charge is 0.252 e. The summed E-state index contributed by atoms with van der Waals surface area (Å²) in [4.78, 5) is 11.5. The second-order valence-electron chi connectivity index (χ2n) is 3.20. The summed E-state index contributed by atoms with van der Waals surface area (Å²) in [7, 11) is 0. The van der Waals surface area contributed by atoms with E-state index >= 15 is 0 Å². The average Bonchev–Trinajstić information content (AvgIpc) is 2.28. The molecule has 0 radical (unpaired) electrons. The summed E-state index contributed by atoms with van der Waals surface area (Å²) in [6.07, 6.45) is 3.95. The van der Waals surface area contributed by atoms with Gasteiger partial charge in [-0.25, -0.2) is 0 Å². The molecule has 0 aliphatic carbocycles. The molecule has 2 rings (SSSR count). The van der Waals surface area contributed by atoms with Crippen molar-refractivity contribution < 1.29 is 4.79 Å². The highest BCUT2D eigenvalue weighted by Gasteiger charge is 2.10. The lowest BCUT2D eigenvalue weighted by molar-refractivity contribution is 0.0958. The van der Waals surface area contributed by atoms with Gasteiger partial charge in [0, 0.05) is 12.1 Å². The molecule has 66 valence electrons. The summed E-state index contributed by atoms with van der Waals surface area (Å²) in [5, 5.41) is 2.79. The quantitative estimate of drug-likeness (QED) is 0.636. The minimum absolute atomic E-state index is 0.0139. The predicted molar refractivity (Wildman–Crippen MR) is 52.5 cm³/mol. The number of amides is 1. The number of fused-ring (bicyclic) bond motifs is 1. The van der Waals surface area contributed by atoms with E-state index in [2.05, 4.69) is 5.32 Å². The zero-order chi connectivity index (χ0) is 9.26. The molecule has 1 N–H and O–H groups in total. The molecule has 1 aliphatic heterocycles. The van der Waals surface area contributed by atoms with Gasteiger partial charge in [0.25, 0.3) is 5.91 Å².